The maximum atomic E-state index is 5.74. The van der Waals surface area contributed by atoms with Gasteiger partial charge in [0.15, 0.2) is 5.96 Å². The summed E-state index contributed by atoms with van der Waals surface area (Å²) in [7, 11) is 1.66. The lowest BCUT2D eigenvalue weighted by atomic mass is 10.2. The topological polar surface area (TPSA) is 54.9 Å². The van der Waals surface area contributed by atoms with Gasteiger partial charge < -0.3 is 20.1 Å². The number of guanidine groups is 1. The van der Waals surface area contributed by atoms with Crippen molar-refractivity contribution >= 4 is 17.7 Å². The van der Waals surface area contributed by atoms with Gasteiger partial charge in [-0.3, -0.25) is 0 Å². The summed E-state index contributed by atoms with van der Waals surface area (Å²) in [5, 5.41) is 7.64. The van der Waals surface area contributed by atoms with Crippen molar-refractivity contribution in [3.05, 3.63) is 24.3 Å². The second kappa shape index (κ2) is 10.3. The van der Waals surface area contributed by atoms with E-state index in [2.05, 4.69) is 28.8 Å². The maximum Gasteiger partial charge on any atom is 0.191 e. The van der Waals surface area contributed by atoms with E-state index in [4.69, 9.17) is 9.47 Å². The summed E-state index contributed by atoms with van der Waals surface area (Å²) in [6.45, 7) is 4.11. The average molecular weight is 352 g/mol. The number of ether oxygens (including phenoxy) is 2. The summed E-state index contributed by atoms with van der Waals surface area (Å²) in [6.07, 6.45) is 5.92. The summed E-state index contributed by atoms with van der Waals surface area (Å²) >= 11 is 1.97. The van der Waals surface area contributed by atoms with E-state index in [0.717, 1.165) is 29.3 Å². The Morgan fingerprint density at radius 3 is 2.88 bits per heavy atom. The van der Waals surface area contributed by atoms with E-state index in [-0.39, 0.29) is 0 Å². The molecule has 2 unspecified atom stereocenters. The quantitative estimate of drug-likeness (QED) is 0.428. The van der Waals surface area contributed by atoms with Crippen molar-refractivity contribution in [3.63, 3.8) is 0 Å². The Balaban J connectivity index is 1.78. The number of thioether (sulfide) groups is 1. The Morgan fingerprint density at radius 1 is 1.33 bits per heavy atom. The third-order valence-electron chi connectivity index (χ3n) is 4.07. The number of nitrogens with one attached hydrogen (secondary N) is 2. The summed E-state index contributed by atoms with van der Waals surface area (Å²) in [5.74, 6) is 2.50. The molecule has 0 heterocycles. The minimum atomic E-state index is 0.527. The summed E-state index contributed by atoms with van der Waals surface area (Å²) in [5.41, 5.74) is 0. The van der Waals surface area contributed by atoms with Crippen LogP contribution in [0.4, 0.5) is 0 Å². The van der Waals surface area contributed by atoms with E-state index in [1.54, 1.807) is 7.11 Å². The molecule has 0 aromatic heterocycles. The van der Waals surface area contributed by atoms with E-state index in [1.807, 2.05) is 36.0 Å². The number of methoxy groups -OCH3 is 1. The minimum Gasteiger partial charge on any atom is -0.497 e. The fourth-order valence-corrected chi connectivity index (χ4v) is 3.61. The van der Waals surface area contributed by atoms with Gasteiger partial charge in [-0.05, 0) is 44.6 Å². The first-order valence-electron chi connectivity index (χ1n) is 8.59. The lowest BCUT2D eigenvalue weighted by molar-refractivity contribution is 0.325. The van der Waals surface area contributed by atoms with Gasteiger partial charge in [0.25, 0.3) is 0 Å². The van der Waals surface area contributed by atoms with Crippen LogP contribution in [0.25, 0.3) is 0 Å². The number of rotatable bonds is 8. The third kappa shape index (κ3) is 6.15. The molecule has 1 aliphatic carbocycles. The molecule has 0 aliphatic heterocycles. The lowest BCUT2D eigenvalue weighted by Gasteiger charge is -2.17. The number of hydrogen-bond acceptors (Lipinski definition) is 4. The molecule has 0 saturated heterocycles. The monoisotopic (exact) mass is 351 g/mol. The highest BCUT2D eigenvalue weighted by molar-refractivity contribution is 7.99. The number of nitrogens with zero attached hydrogens (tertiary/aromatic N) is 1. The van der Waals surface area contributed by atoms with Gasteiger partial charge in [0.2, 0.25) is 0 Å². The van der Waals surface area contributed by atoms with Gasteiger partial charge in [-0.15, -0.1) is 0 Å². The van der Waals surface area contributed by atoms with E-state index in [1.165, 1.54) is 19.3 Å². The molecule has 2 rings (SSSR count). The van der Waals surface area contributed by atoms with Crippen LogP contribution in [0.3, 0.4) is 0 Å². The molecule has 0 radical (unpaired) electrons. The van der Waals surface area contributed by atoms with Crippen LogP contribution in [0.1, 0.15) is 26.2 Å². The van der Waals surface area contributed by atoms with Crippen LogP contribution in [0.5, 0.6) is 11.5 Å². The molecule has 1 aromatic rings. The van der Waals surface area contributed by atoms with Crippen molar-refractivity contribution in [2.45, 2.75) is 37.5 Å². The second-order valence-electron chi connectivity index (χ2n) is 5.80. The Hall–Kier alpha value is -1.56. The Bertz CT molecular complexity index is 525. The van der Waals surface area contributed by atoms with Crippen molar-refractivity contribution in [1.82, 2.24) is 10.6 Å². The van der Waals surface area contributed by atoms with E-state index in [0.29, 0.717) is 19.2 Å². The van der Waals surface area contributed by atoms with Gasteiger partial charge in [-0.2, -0.15) is 11.8 Å². The molecule has 134 valence electrons. The summed E-state index contributed by atoms with van der Waals surface area (Å²) < 4.78 is 10.9. The molecule has 6 heteroatoms. The van der Waals surface area contributed by atoms with Gasteiger partial charge in [0.1, 0.15) is 18.1 Å². The maximum absolute atomic E-state index is 5.74. The first kappa shape index (κ1) is 18.8. The molecule has 0 amide bonds. The van der Waals surface area contributed by atoms with Crippen LogP contribution in [-0.4, -0.2) is 50.3 Å². The Kier molecular flexibility index (Phi) is 8.08. The lowest BCUT2D eigenvalue weighted by Crippen LogP contribution is -2.42. The fourth-order valence-electron chi connectivity index (χ4n) is 2.81. The zero-order valence-electron chi connectivity index (χ0n) is 14.9. The van der Waals surface area contributed by atoms with Gasteiger partial charge in [-0.1, -0.05) is 6.07 Å². The molecule has 1 saturated carbocycles. The molecule has 1 fully saturated rings. The SMILES string of the molecule is CCNC(=NCCOc1cccc(OC)c1)NC1CCC(SC)C1. The largest absolute Gasteiger partial charge is 0.497 e. The van der Waals surface area contributed by atoms with Crippen molar-refractivity contribution in [1.29, 1.82) is 0 Å². The molecular weight excluding hydrogens is 322 g/mol. The smallest absolute Gasteiger partial charge is 0.191 e. The number of aliphatic imine (C=N–C) groups is 1. The van der Waals surface area contributed by atoms with Gasteiger partial charge in [0.05, 0.1) is 13.7 Å². The minimum absolute atomic E-state index is 0.527. The molecule has 1 aliphatic rings. The van der Waals surface area contributed by atoms with Crippen molar-refractivity contribution in [2.75, 3.05) is 33.1 Å². The number of hydrogen-bond donors (Lipinski definition) is 2. The summed E-state index contributed by atoms with van der Waals surface area (Å²) in [6, 6.07) is 8.16. The standard InChI is InChI=1S/C18H29N3O2S/c1-4-19-18(21-14-8-9-17(12-14)24-3)20-10-11-23-16-7-5-6-15(13-16)22-2/h5-7,13-14,17H,4,8-12H2,1-3H3,(H2,19,20,21). The normalized spacial score (nSPS) is 20.7. The van der Waals surface area contributed by atoms with Crippen molar-refractivity contribution in [3.8, 4) is 11.5 Å². The molecule has 5 nitrogen and oxygen atoms in total. The van der Waals surface area contributed by atoms with Crippen LogP contribution in [-0.2, 0) is 0 Å². The predicted octanol–water partition coefficient (Wildman–Crippen LogP) is 2.91. The first-order valence-corrected chi connectivity index (χ1v) is 9.88. The average Bonchev–Trinajstić information content (AvgIpc) is 3.06. The van der Waals surface area contributed by atoms with Crippen molar-refractivity contribution < 1.29 is 9.47 Å². The number of benzene rings is 1. The predicted molar refractivity (Wildman–Crippen MR) is 103 cm³/mol. The van der Waals surface area contributed by atoms with Crippen LogP contribution in [0.15, 0.2) is 29.3 Å². The molecule has 1 aromatic carbocycles. The molecule has 24 heavy (non-hydrogen) atoms. The highest BCUT2D eigenvalue weighted by Crippen LogP contribution is 2.28. The van der Waals surface area contributed by atoms with Crippen molar-refractivity contribution in [2.24, 2.45) is 4.99 Å². The molecule has 0 spiro atoms. The van der Waals surface area contributed by atoms with Crippen LogP contribution >= 0.6 is 11.8 Å². The zero-order valence-corrected chi connectivity index (χ0v) is 15.7. The van der Waals surface area contributed by atoms with Crippen LogP contribution in [0, 0.1) is 0 Å². The second-order valence-corrected chi connectivity index (χ2v) is 6.94. The highest BCUT2D eigenvalue weighted by Gasteiger charge is 2.24. The van der Waals surface area contributed by atoms with Crippen LogP contribution < -0.4 is 20.1 Å². The van der Waals surface area contributed by atoms with Crippen LogP contribution in [0.2, 0.25) is 0 Å². The van der Waals surface area contributed by atoms with E-state index < -0.39 is 0 Å². The molecule has 0 bridgehead atoms. The first-order chi connectivity index (χ1) is 11.7. The van der Waals surface area contributed by atoms with Gasteiger partial charge in [0, 0.05) is 23.9 Å². The van der Waals surface area contributed by atoms with E-state index >= 15 is 0 Å². The highest BCUT2D eigenvalue weighted by atomic mass is 32.2. The molecule has 2 N–H and O–H groups in total. The molecular formula is C18H29N3O2S. The van der Waals surface area contributed by atoms with Gasteiger partial charge >= 0.3 is 0 Å². The third-order valence-corrected chi connectivity index (χ3v) is 5.17. The zero-order chi connectivity index (χ0) is 17.2. The summed E-state index contributed by atoms with van der Waals surface area (Å²) in [4.78, 5) is 4.62. The Labute approximate surface area is 149 Å². The fraction of sp³-hybridized carbons (Fsp3) is 0.611. The molecule has 2 atom stereocenters. The Morgan fingerprint density at radius 2 is 2.17 bits per heavy atom. The van der Waals surface area contributed by atoms with Gasteiger partial charge in [-0.25, -0.2) is 4.99 Å². The van der Waals surface area contributed by atoms with E-state index in [9.17, 15) is 0 Å².